The molecule has 1 aromatic heterocycles. The summed E-state index contributed by atoms with van der Waals surface area (Å²) in [5, 5.41) is 9.83. The fraction of sp³-hybridized carbons (Fsp3) is 0.600. The number of rotatable bonds is 2. The van der Waals surface area contributed by atoms with Gasteiger partial charge in [-0.1, -0.05) is 0 Å². The number of anilines is 1. The summed E-state index contributed by atoms with van der Waals surface area (Å²) >= 11 is 0. The maximum atomic E-state index is 11.0. The number of carbonyl (C=O) groups is 1. The third-order valence-electron chi connectivity index (χ3n) is 2.66. The van der Waals surface area contributed by atoms with Crippen LogP contribution in [0.4, 0.5) is 5.82 Å². The highest BCUT2D eigenvalue weighted by atomic mass is 16.1. The Bertz CT molecular complexity index is 322. The first-order valence-electron chi connectivity index (χ1n) is 5.27. The van der Waals surface area contributed by atoms with Crippen LogP contribution in [0.1, 0.15) is 19.8 Å². The van der Waals surface area contributed by atoms with Crippen molar-refractivity contribution in [2.45, 2.75) is 25.8 Å². The molecule has 0 unspecified atom stereocenters. The lowest BCUT2D eigenvalue weighted by atomic mass is 10.1. The number of aromatic amines is 1. The van der Waals surface area contributed by atoms with Gasteiger partial charge in [0.05, 0.1) is 6.20 Å². The van der Waals surface area contributed by atoms with Crippen LogP contribution in [0.3, 0.4) is 0 Å². The Morgan fingerprint density at radius 1 is 1.73 bits per heavy atom. The van der Waals surface area contributed by atoms with E-state index in [2.05, 4.69) is 20.4 Å². The second-order valence-electron chi connectivity index (χ2n) is 3.93. The molecule has 82 valence electrons. The first-order chi connectivity index (χ1) is 7.25. The van der Waals surface area contributed by atoms with Crippen molar-refractivity contribution in [3.8, 4) is 0 Å². The minimum atomic E-state index is 0.0476. The predicted octanol–water partition coefficient (Wildman–Crippen LogP) is 0.515. The zero-order valence-electron chi connectivity index (χ0n) is 8.86. The zero-order valence-corrected chi connectivity index (χ0v) is 8.86. The Kier molecular flexibility index (Phi) is 2.89. The van der Waals surface area contributed by atoms with Crippen LogP contribution in [0.25, 0.3) is 0 Å². The number of hydrogen-bond donors (Lipinski definition) is 2. The van der Waals surface area contributed by atoms with E-state index in [0.717, 1.165) is 31.7 Å². The molecule has 2 heterocycles. The summed E-state index contributed by atoms with van der Waals surface area (Å²) < 4.78 is 0. The molecule has 5 nitrogen and oxygen atoms in total. The summed E-state index contributed by atoms with van der Waals surface area (Å²) in [4.78, 5) is 13.2. The summed E-state index contributed by atoms with van der Waals surface area (Å²) in [6.45, 7) is 3.45. The molecule has 0 saturated carbocycles. The molecule has 1 amide bonds. The summed E-state index contributed by atoms with van der Waals surface area (Å²) in [5.41, 5.74) is 0. The van der Waals surface area contributed by atoms with Crippen LogP contribution in [0.15, 0.2) is 12.3 Å². The van der Waals surface area contributed by atoms with E-state index in [1.54, 1.807) is 13.1 Å². The number of amides is 1. The van der Waals surface area contributed by atoms with Crippen molar-refractivity contribution in [3.05, 3.63) is 12.3 Å². The number of nitrogens with one attached hydrogen (secondary N) is 2. The molecule has 1 atom stereocenters. The number of piperidine rings is 1. The molecule has 0 aromatic carbocycles. The minimum Gasteiger partial charge on any atom is -0.355 e. The maximum absolute atomic E-state index is 11.0. The normalized spacial score (nSPS) is 21.4. The van der Waals surface area contributed by atoms with Gasteiger partial charge >= 0.3 is 0 Å². The van der Waals surface area contributed by atoms with E-state index < -0.39 is 0 Å². The Morgan fingerprint density at radius 3 is 3.27 bits per heavy atom. The van der Waals surface area contributed by atoms with Crippen LogP contribution in [0.2, 0.25) is 0 Å². The van der Waals surface area contributed by atoms with Crippen LogP contribution in [-0.2, 0) is 4.79 Å². The van der Waals surface area contributed by atoms with Gasteiger partial charge in [-0.25, -0.2) is 0 Å². The fourth-order valence-electron chi connectivity index (χ4n) is 2.03. The van der Waals surface area contributed by atoms with Crippen LogP contribution in [0, 0.1) is 0 Å². The third-order valence-corrected chi connectivity index (χ3v) is 2.66. The van der Waals surface area contributed by atoms with Crippen LogP contribution in [0.5, 0.6) is 0 Å². The highest BCUT2D eigenvalue weighted by Gasteiger charge is 2.20. The standard InChI is InChI=1S/C10H16N4O/c1-8(15)12-9-3-2-6-14(7-9)10-4-5-11-13-10/h4-5,9H,2-3,6-7H2,1H3,(H,11,13)(H,12,15)/t9-/m0/s1. The Balaban J connectivity index is 1.95. The molecule has 1 aliphatic heterocycles. The maximum Gasteiger partial charge on any atom is 0.217 e. The van der Waals surface area contributed by atoms with Gasteiger partial charge in [-0.3, -0.25) is 9.89 Å². The van der Waals surface area contributed by atoms with Crippen molar-refractivity contribution in [2.24, 2.45) is 0 Å². The molecule has 0 spiro atoms. The number of H-pyrrole nitrogens is 1. The lowest BCUT2D eigenvalue weighted by Crippen LogP contribution is -2.47. The van der Waals surface area contributed by atoms with Gasteiger partial charge in [0.1, 0.15) is 5.82 Å². The highest BCUT2D eigenvalue weighted by molar-refractivity contribution is 5.73. The lowest BCUT2D eigenvalue weighted by molar-refractivity contribution is -0.119. The predicted molar refractivity (Wildman–Crippen MR) is 57.6 cm³/mol. The minimum absolute atomic E-state index is 0.0476. The second-order valence-corrected chi connectivity index (χ2v) is 3.93. The van der Waals surface area contributed by atoms with Crippen LogP contribution >= 0.6 is 0 Å². The molecule has 2 N–H and O–H groups in total. The van der Waals surface area contributed by atoms with Gasteiger partial charge in [-0.15, -0.1) is 0 Å². The average Bonchev–Trinajstić information content (AvgIpc) is 2.69. The second kappa shape index (κ2) is 4.33. The first kappa shape index (κ1) is 10.0. The zero-order chi connectivity index (χ0) is 10.7. The molecule has 1 aromatic rings. The summed E-state index contributed by atoms with van der Waals surface area (Å²) in [6, 6.07) is 2.22. The van der Waals surface area contributed by atoms with Crippen LogP contribution in [-0.4, -0.2) is 35.2 Å². The molecule has 1 aliphatic rings. The van der Waals surface area contributed by atoms with Gasteiger partial charge in [0.15, 0.2) is 0 Å². The average molecular weight is 208 g/mol. The van der Waals surface area contributed by atoms with Gasteiger partial charge in [-0.2, -0.15) is 5.10 Å². The number of aromatic nitrogens is 2. The number of nitrogens with zero attached hydrogens (tertiary/aromatic N) is 2. The highest BCUT2D eigenvalue weighted by Crippen LogP contribution is 2.16. The van der Waals surface area contributed by atoms with Gasteiger partial charge in [0.2, 0.25) is 5.91 Å². The van der Waals surface area contributed by atoms with Crippen molar-refractivity contribution in [1.29, 1.82) is 0 Å². The number of carbonyl (C=O) groups excluding carboxylic acids is 1. The van der Waals surface area contributed by atoms with E-state index >= 15 is 0 Å². The first-order valence-corrected chi connectivity index (χ1v) is 5.27. The number of hydrogen-bond acceptors (Lipinski definition) is 3. The van der Waals surface area contributed by atoms with Crippen molar-refractivity contribution in [1.82, 2.24) is 15.5 Å². The van der Waals surface area contributed by atoms with Crippen LogP contribution < -0.4 is 10.2 Å². The summed E-state index contributed by atoms with van der Waals surface area (Å²) in [7, 11) is 0. The van der Waals surface area contributed by atoms with Crippen molar-refractivity contribution < 1.29 is 4.79 Å². The van der Waals surface area contributed by atoms with E-state index in [4.69, 9.17) is 0 Å². The largest absolute Gasteiger partial charge is 0.355 e. The van der Waals surface area contributed by atoms with E-state index in [9.17, 15) is 4.79 Å². The van der Waals surface area contributed by atoms with Gasteiger partial charge < -0.3 is 10.2 Å². The smallest absolute Gasteiger partial charge is 0.217 e. The Hall–Kier alpha value is -1.52. The van der Waals surface area contributed by atoms with E-state index in [0.29, 0.717) is 0 Å². The molecule has 2 rings (SSSR count). The van der Waals surface area contributed by atoms with Gasteiger partial charge in [0, 0.05) is 32.1 Å². The van der Waals surface area contributed by atoms with Gasteiger partial charge in [0.25, 0.3) is 0 Å². The van der Waals surface area contributed by atoms with Crippen molar-refractivity contribution >= 4 is 11.7 Å². The lowest BCUT2D eigenvalue weighted by Gasteiger charge is -2.33. The Labute approximate surface area is 88.8 Å². The molecule has 0 aliphatic carbocycles. The van der Waals surface area contributed by atoms with Crippen molar-refractivity contribution in [2.75, 3.05) is 18.0 Å². The molecule has 15 heavy (non-hydrogen) atoms. The topological polar surface area (TPSA) is 61.0 Å². The van der Waals surface area contributed by atoms with E-state index in [1.807, 2.05) is 6.07 Å². The van der Waals surface area contributed by atoms with E-state index in [-0.39, 0.29) is 11.9 Å². The summed E-state index contributed by atoms with van der Waals surface area (Å²) in [6.07, 6.45) is 3.91. The quantitative estimate of drug-likeness (QED) is 0.744. The molecule has 1 fully saturated rings. The van der Waals surface area contributed by atoms with Crippen molar-refractivity contribution in [3.63, 3.8) is 0 Å². The third kappa shape index (κ3) is 2.49. The van der Waals surface area contributed by atoms with Gasteiger partial charge in [-0.05, 0) is 12.8 Å². The SMILES string of the molecule is CC(=O)N[C@H]1CCCN(c2ccn[nH]2)C1. The monoisotopic (exact) mass is 208 g/mol. The molecular weight excluding hydrogens is 192 g/mol. The summed E-state index contributed by atoms with van der Waals surface area (Å²) in [5.74, 6) is 1.08. The molecule has 0 bridgehead atoms. The Morgan fingerprint density at radius 2 is 2.60 bits per heavy atom. The molecular formula is C10H16N4O. The van der Waals surface area contributed by atoms with E-state index in [1.165, 1.54) is 0 Å². The molecule has 5 heteroatoms. The molecule has 1 saturated heterocycles. The molecule has 0 radical (unpaired) electrons. The fourth-order valence-corrected chi connectivity index (χ4v) is 2.03.